The average Bonchev–Trinajstić information content (AvgIpc) is 3.16. The van der Waals surface area contributed by atoms with E-state index in [-0.39, 0.29) is 40.5 Å². The number of Topliss-reactive ketones (excluding diaryl/α,β-unsaturated/α-hetero) is 1. The molecule has 3 rings (SSSR count). The van der Waals surface area contributed by atoms with E-state index in [0.717, 1.165) is 11.3 Å². The Bertz CT molecular complexity index is 1080. The van der Waals surface area contributed by atoms with Gasteiger partial charge in [0.05, 0.1) is 18.2 Å². The van der Waals surface area contributed by atoms with E-state index in [1.54, 1.807) is 38.2 Å². The molecule has 0 saturated carbocycles. The van der Waals surface area contributed by atoms with E-state index in [0.29, 0.717) is 5.82 Å². The zero-order valence-electron chi connectivity index (χ0n) is 17.6. The van der Waals surface area contributed by atoms with Gasteiger partial charge in [0.25, 0.3) is 0 Å². The first-order valence-electron chi connectivity index (χ1n) is 8.83. The lowest BCUT2D eigenvalue weighted by Crippen LogP contribution is -2.07. The third-order valence-corrected chi connectivity index (χ3v) is 3.02. The number of pyridine rings is 2. The highest BCUT2D eigenvalue weighted by Gasteiger charge is 2.04. The number of nitriles is 1. The van der Waals surface area contributed by atoms with Crippen LogP contribution in [0, 0.1) is 11.3 Å². The number of hydrogen-bond donors (Lipinski definition) is 7. The highest BCUT2D eigenvalue weighted by Crippen LogP contribution is 2.15. The number of nitrogens with one attached hydrogen (secondary N) is 3. The number of ketones is 1. The zero-order chi connectivity index (χ0) is 23.8. The summed E-state index contributed by atoms with van der Waals surface area (Å²) in [6, 6.07) is 9.30. The second kappa shape index (κ2) is 16.7. The largest absolute Gasteiger partial charge is 0.412 e. The van der Waals surface area contributed by atoms with Crippen LogP contribution in [-0.4, -0.2) is 42.6 Å². The first-order chi connectivity index (χ1) is 14.7. The van der Waals surface area contributed by atoms with Crippen molar-refractivity contribution in [2.75, 3.05) is 5.73 Å². The first-order valence-corrected chi connectivity index (χ1v) is 8.83. The van der Waals surface area contributed by atoms with Gasteiger partial charge in [-0.15, -0.1) is 0 Å². The summed E-state index contributed by atoms with van der Waals surface area (Å²) in [6.07, 6.45) is 2.60. The molecular weight excluding hydrogens is 420 g/mol. The quantitative estimate of drug-likeness (QED) is 0.150. The van der Waals surface area contributed by atoms with Crippen molar-refractivity contribution in [3.8, 4) is 17.3 Å². The molecule has 32 heavy (non-hydrogen) atoms. The molecule has 0 bridgehead atoms. The number of carbonyl (C=O) groups is 1. The SMILES string of the molecule is CC(C)O.N#CCC(=O)c1cc[nH]c(=O)c1.NN.Nc1cc(-c2cc[nH]c(=O)c2)[nH]n1.O. The summed E-state index contributed by atoms with van der Waals surface area (Å²) in [7, 11) is 0. The number of aliphatic hydroxyl groups excluding tert-OH is 1. The molecule has 0 saturated heterocycles. The fourth-order valence-corrected chi connectivity index (χ4v) is 1.89. The van der Waals surface area contributed by atoms with Crippen molar-refractivity contribution in [1.82, 2.24) is 20.2 Å². The Balaban J connectivity index is 0. The van der Waals surface area contributed by atoms with E-state index in [1.807, 2.05) is 0 Å². The van der Waals surface area contributed by atoms with Crippen LogP contribution < -0.4 is 28.5 Å². The number of nitrogens with zero attached hydrogens (tertiary/aromatic N) is 2. The second-order valence-corrected chi connectivity index (χ2v) is 5.94. The number of aliphatic hydroxyl groups is 1. The molecule has 0 fully saturated rings. The summed E-state index contributed by atoms with van der Waals surface area (Å²) in [4.78, 5) is 37.6. The third kappa shape index (κ3) is 12.5. The average molecular weight is 448 g/mol. The summed E-state index contributed by atoms with van der Waals surface area (Å²) in [5.41, 5.74) is 6.73. The molecule has 13 nitrogen and oxygen atoms in total. The molecule has 0 aliphatic rings. The van der Waals surface area contributed by atoms with Gasteiger partial charge in [-0.3, -0.25) is 31.2 Å². The van der Waals surface area contributed by atoms with Gasteiger partial charge in [0.15, 0.2) is 5.78 Å². The van der Waals surface area contributed by atoms with Gasteiger partial charge in [-0.25, -0.2) is 0 Å². The van der Waals surface area contributed by atoms with Crippen LogP contribution in [0.2, 0.25) is 0 Å². The third-order valence-electron chi connectivity index (χ3n) is 3.02. The Morgan fingerprint density at radius 1 is 1.12 bits per heavy atom. The minimum Gasteiger partial charge on any atom is -0.412 e. The Labute approximate surface area is 183 Å². The maximum absolute atomic E-state index is 11.0. The summed E-state index contributed by atoms with van der Waals surface area (Å²) in [5, 5.41) is 22.8. The Morgan fingerprint density at radius 2 is 1.66 bits per heavy atom. The van der Waals surface area contributed by atoms with Crippen LogP contribution >= 0.6 is 0 Å². The molecule has 0 unspecified atom stereocenters. The fraction of sp³-hybridized carbons (Fsp3) is 0.211. The van der Waals surface area contributed by atoms with Gasteiger partial charge >= 0.3 is 0 Å². The predicted octanol–water partition coefficient (Wildman–Crippen LogP) is -0.800. The second-order valence-electron chi connectivity index (χ2n) is 5.94. The van der Waals surface area contributed by atoms with Crippen LogP contribution in [0.5, 0.6) is 0 Å². The number of carbonyl (C=O) groups excluding carboxylic acids is 1. The van der Waals surface area contributed by atoms with Crippen molar-refractivity contribution in [2.24, 2.45) is 11.7 Å². The molecule has 0 aliphatic carbocycles. The molecule has 12 N–H and O–H groups in total. The molecule has 0 aliphatic heterocycles. The van der Waals surface area contributed by atoms with Crippen LogP contribution in [0.25, 0.3) is 11.3 Å². The molecular formula is C19H28N8O5. The summed E-state index contributed by atoms with van der Waals surface area (Å²) in [5.74, 6) is 8.08. The number of hydrogen-bond acceptors (Lipinski definition) is 9. The monoisotopic (exact) mass is 448 g/mol. The van der Waals surface area contributed by atoms with Crippen molar-refractivity contribution >= 4 is 11.6 Å². The van der Waals surface area contributed by atoms with Crippen molar-refractivity contribution in [2.45, 2.75) is 26.4 Å². The number of aromatic amines is 3. The predicted molar refractivity (Wildman–Crippen MR) is 120 cm³/mol. The Hall–Kier alpha value is -4.09. The Morgan fingerprint density at radius 3 is 2.09 bits per heavy atom. The normalized spacial score (nSPS) is 8.78. The standard InChI is InChI=1S/C8H8N4O.C8H6N2O2.C3H8O.H4N2.H2O/c9-7-4-6(11-12-7)5-1-2-10-8(13)3-5;9-3-1-7(11)6-2-4-10-8(12)5-6;1-3(2)4;1-2;/h1-4H,(H,10,13)(H3,9,11,12);2,4-5H,1H2,(H,10,12);3-4H,1-2H3;1-2H2;1H2. The number of hydrazine groups is 1. The van der Waals surface area contributed by atoms with Gasteiger partial charge in [-0.2, -0.15) is 10.4 Å². The molecule has 0 atom stereocenters. The minimum absolute atomic E-state index is 0. The van der Waals surface area contributed by atoms with Gasteiger partial charge in [0.2, 0.25) is 11.1 Å². The van der Waals surface area contributed by atoms with E-state index in [1.165, 1.54) is 24.4 Å². The van der Waals surface area contributed by atoms with E-state index in [4.69, 9.17) is 16.1 Å². The van der Waals surface area contributed by atoms with Crippen molar-refractivity contribution in [1.29, 1.82) is 5.26 Å². The van der Waals surface area contributed by atoms with E-state index in [2.05, 4.69) is 31.9 Å². The fourth-order valence-electron chi connectivity index (χ4n) is 1.89. The first kappa shape index (κ1) is 30.1. The lowest BCUT2D eigenvalue weighted by molar-refractivity contribution is 0.0997. The number of rotatable bonds is 3. The van der Waals surface area contributed by atoms with Crippen molar-refractivity contribution in [3.05, 3.63) is 69.0 Å². The summed E-state index contributed by atoms with van der Waals surface area (Å²) >= 11 is 0. The Kier molecular flexibility index (Phi) is 15.7. The van der Waals surface area contributed by atoms with Crippen molar-refractivity contribution < 1.29 is 15.4 Å². The lowest BCUT2D eigenvalue weighted by atomic mass is 10.1. The number of nitrogen functional groups attached to an aromatic ring is 1. The van der Waals surface area contributed by atoms with Crippen LogP contribution in [0.3, 0.4) is 0 Å². The van der Waals surface area contributed by atoms with Gasteiger partial charge in [-0.1, -0.05) is 0 Å². The van der Waals surface area contributed by atoms with Gasteiger partial charge in [0, 0.05) is 47.8 Å². The molecule has 3 aromatic rings. The molecule has 0 spiro atoms. The molecule has 3 heterocycles. The van der Waals surface area contributed by atoms with Gasteiger partial charge < -0.3 is 26.3 Å². The molecule has 0 radical (unpaired) electrons. The maximum Gasteiger partial charge on any atom is 0.248 e. The lowest BCUT2D eigenvalue weighted by Gasteiger charge is -1.93. The number of H-pyrrole nitrogens is 3. The number of aromatic nitrogens is 4. The zero-order valence-corrected chi connectivity index (χ0v) is 17.6. The smallest absolute Gasteiger partial charge is 0.248 e. The van der Waals surface area contributed by atoms with E-state index < -0.39 is 0 Å². The van der Waals surface area contributed by atoms with Crippen LogP contribution in [0.4, 0.5) is 5.82 Å². The highest BCUT2D eigenvalue weighted by molar-refractivity contribution is 5.97. The molecule has 13 heteroatoms. The minimum atomic E-state index is -0.334. The number of anilines is 1. The van der Waals surface area contributed by atoms with E-state index in [9.17, 15) is 14.4 Å². The molecule has 0 amide bonds. The maximum atomic E-state index is 11.0. The van der Waals surface area contributed by atoms with Gasteiger partial charge in [-0.05, 0) is 26.0 Å². The number of nitrogens with two attached hydrogens (primary N) is 3. The molecule has 0 aromatic carbocycles. The summed E-state index contributed by atoms with van der Waals surface area (Å²) < 4.78 is 0. The van der Waals surface area contributed by atoms with Gasteiger partial charge in [0.1, 0.15) is 5.82 Å². The highest BCUT2D eigenvalue weighted by atomic mass is 16.3. The van der Waals surface area contributed by atoms with Crippen LogP contribution in [0.15, 0.2) is 52.3 Å². The molecule has 3 aromatic heterocycles. The van der Waals surface area contributed by atoms with Crippen molar-refractivity contribution in [3.63, 3.8) is 0 Å². The molecule has 174 valence electrons. The topological polar surface area (TPSA) is 265 Å². The van der Waals surface area contributed by atoms with Crippen LogP contribution in [-0.2, 0) is 0 Å². The van der Waals surface area contributed by atoms with Crippen LogP contribution in [0.1, 0.15) is 30.6 Å². The summed E-state index contributed by atoms with van der Waals surface area (Å²) in [6.45, 7) is 3.44. The van der Waals surface area contributed by atoms with E-state index >= 15 is 0 Å².